The van der Waals surface area contributed by atoms with Gasteiger partial charge in [0.2, 0.25) is 11.0 Å². The normalized spacial score (nSPS) is 11.2. The van der Waals surface area contributed by atoms with Crippen molar-refractivity contribution in [3.05, 3.63) is 37.7 Å². The van der Waals surface area contributed by atoms with Crippen LogP contribution in [0.25, 0.3) is 0 Å². The van der Waals surface area contributed by atoms with Crippen LogP contribution < -0.4 is 10.9 Å². The fourth-order valence-corrected chi connectivity index (χ4v) is 3.23. The molecule has 2 aromatic rings. The van der Waals surface area contributed by atoms with Crippen molar-refractivity contribution >= 4 is 22.4 Å². The van der Waals surface area contributed by atoms with Crippen LogP contribution in [0.1, 0.15) is 54.6 Å². The fourth-order valence-electron chi connectivity index (χ4n) is 2.42. The van der Waals surface area contributed by atoms with Crippen LogP contribution in [0.3, 0.4) is 0 Å². The molecular formula is C17H21N5O2S. The molecule has 8 heteroatoms. The Kier molecular flexibility index (Phi) is 5.38. The fraction of sp³-hybridized carbons (Fsp3) is 0.471. The van der Waals surface area contributed by atoms with Crippen LogP contribution in [0.15, 0.2) is 4.79 Å². The van der Waals surface area contributed by atoms with Gasteiger partial charge in [-0.1, -0.05) is 32.1 Å². The SMILES string of the molecule is Cc1[nH]c(=O)c(C#N)c(C)c1CCC(=O)Nc1nnc(C(C)(C)C)s1. The van der Waals surface area contributed by atoms with Crippen LogP contribution in [-0.2, 0) is 16.6 Å². The highest BCUT2D eigenvalue weighted by molar-refractivity contribution is 7.15. The number of aromatic nitrogens is 3. The number of nitrogens with one attached hydrogen (secondary N) is 2. The minimum atomic E-state index is -0.394. The highest BCUT2D eigenvalue weighted by Crippen LogP contribution is 2.27. The molecule has 0 spiro atoms. The summed E-state index contributed by atoms with van der Waals surface area (Å²) in [4.78, 5) is 26.6. The number of H-pyrrole nitrogens is 1. The zero-order valence-electron chi connectivity index (χ0n) is 15.0. The minimum absolute atomic E-state index is 0.0972. The Morgan fingerprint density at radius 2 is 2.00 bits per heavy atom. The highest BCUT2D eigenvalue weighted by Gasteiger charge is 2.20. The van der Waals surface area contributed by atoms with E-state index in [1.807, 2.05) is 26.8 Å². The standard InChI is InChI=1S/C17H21N5O2S/c1-9-11(10(2)19-14(24)12(9)8-18)6-7-13(23)20-16-22-21-15(25-16)17(3,4)5/h6-7H2,1-5H3,(H,19,24)(H,20,22,23). The zero-order chi connectivity index (χ0) is 18.8. The van der Waals surface area contributed by atoms with Crippen molar-refractivity contribution in [2.75, 3.05) is 5.32 Å². The molecule has 0 bridgehead atoms. The summed E-state index contributed by atoms with van der Waals surface area (Å²) in [6.07, 6.45) is 0.656. The van der Waals surface area contributed by atoms with Gasteiger partial charge in [-0.3, -0.25) is 9.59 Å². The van der Waals surface area contributed by atoms with Gasteiger partial charge in [-0.05, 0) is 31.4 Å². The molecule has 0 radical (unpaired) electrons. The second kappa shape index (κ2) is 7.15. The average Bonchev–Trinajstić information content (AvgIpc) is 2.95. The minimum Gasteiger partial charge on any atom is -0.325 e. The number of carbonyl (C=O) groups excluding carboxylic acids is 1. The van der Waals surface area contributed by atoms with Crippen molar-refractivity contribution in [3.8, 4) is 6.07 Å². The van der Waals surface area contributed by atoms with Crippen LogP contribution in [0.5, 0.6) is 0 Å². The second-order valence-electron chi connectivity index (χ2n) is 6.88. The number of aromatic amines is 1. The summed E-state index contributed by atoms with van der Waals surface area (Å²) in [5.41, 5.74) is 1.72. The summed E-state index contributed by atoms with van der Waals surface area (Å²) in [6, 6.07) is 1.91. The lowest BCUT2D eigenvalue weighted by atomic mass is 9.98. The lowest BCUT2D eigenvalue weighted by Gasteiger charge is -2.12. The van der Waals surface area contributed by atoms with Gasteiger partial charge in [-0.15, -0.1) is 10.2 Å². The van der Waals surface area contributed by atoms with Gasteiger partial charge in [0.1, 0.15) is 16.6 Å². The third-order valence-electron chi connectivity index (χ3n) is 3.84. The van der Waals surface area contributed by atoms with E-state index in [0.29, 0.717) is 22.8 Å². The van der Waals surface area contributed by atoms with E-state index in [-0.39, 0.29) is 23.3 Å². The first-order valence-electron chi connectivity index (χ1n) is 7.89. The van der Waals surface area contributed by atoms with Crippen LogP contribution in [0, 0.1) is 25.2 Å². The molecule has 0 aliphatic heterocycles. The molecule has 2 N–H and O–H groups in total. The molecule has 0 atom stereocenters. The quantitative estimate of drug-likeness (QED) is 0.871. The number of amides is 1. The monoisotopic (exact) mass is 359 g/mol. The Morgan fingerprint density at radius 3 is 2.56 bits per heavy atom. The van der Waals surface area contributed by atoms with E-state index in [1.165, 1.54) is 11.3 Å². The Morgan fingerprint density at radius 1 is 1.32 bits per heavy atom. The number of nitriles is 1. The van der Waals surface area contributed by atoms with Gasteiger partial charge < -0.3 is 10.3 Å². The number of hydrogen-bond donors (Lipinski definition) is 2. The second-order valence-corrected chi connectivity index (χ2v) is 7.86. The van der Waals surface area contributed by atoms with E-state index in [4.69, 9.17) is 5.26 Å². The lowest BCUT2D eigenvalue weighted by molar-refractivity contribution is -0.116. The van der Waals surface area contributed by atoms with Crippen molar-refractivity contribution in [2.24, 2.45) is 0 Å². The molecule has 0 aliphatic carbocycles. The van der Waals surface area contributed by atoms with Crippen molar-refractivity contribution in [1.29, 1.82) is 5.26 Å². The lowest BCUT2D eigenvalue weighted by Crippen LogP contribution is -2.18. The van der Waals surface area contributed by atoms with Crippen LogP contribution in [0.2, 0.25) is 0 Å². The number of hydrogen-bond acceptors (Lipinski definition) is 6. The molecule has 0 aliphatic rings. The molecule has 25 heavy (non-hydrogen) atoms. The molecule has 0 unspecified atom stereocenters. The Labute approximate surface area is 150 Å². The molecular weight excluding hydrogens is 338 g/mol. The summed E-state index contributed by atoms with van der Waals surface area (Å²) in [5, 5.41) is 21.3. The summed E-state index contributed by atoms with van der Waals surface area (Å²) < 4.78 is 0. The molecule has 0 fully saturated rings. The number of nitrogens with zero attached hydrogens (tertiary/aromatic N) is 3. The van der Waals surface area contributed by atoms with E-state index in [0.717, 1.165) is 10.6 Å². The van der Waals surface area contributed by atoms with Gasteiger partial charge in [0.15, 0.2) is 0 Å². The molecule has 2 heterocycles. The number of rotatable bonds is 4. The molecule has 0 saturated carbocycles. The topological polar surface area (TPSA) is 112 Å². The van der Waals surface area contributed by atoms with Crippen LogP contribution >= 0.6 is 11.3 Å². The van der Waals surface area contributed by atoms with Gasteiger partial charge >= 0.3 is 0 Å². The van der Waals surface area contributed by atoms with Crippen molar-refractivity contribution in [1.82, 2.24) is 15.2 Å². The zero-order valence-corrected chi connectivity index (χ0v) is 15.8. The predicted octanol–water partition coefficient (Wildman–Crippen LogP) is 2.58. The first-order chi connectivity index (χ1) is 11.6. The molecule has 7 nitrogen and oxygen atoms in total. The Balaban J connectivity index is 2.07. The van der Waals surface area contributed by atoms with E-state index < -0.39 is 5.56 Å². The number of aryl methyl sites for hydroxylation is 1. The largest absolute Gasteiger partial charge is 0.325 e. The van der Waals surface area contributed by atoms with Gasteiger partial charge in [0.25, 0.3) is 5.56 Å². The summed E-state index contributed by atoms with van der Waals surface area (Å²) in [5.74, 6) is -0.180. The van der Waals surface area contributed by atoms with Crippen molar-refractivity contribution in [3.63, 3.8) is 0 Å². The highest BCUT2D eigenvalue weighted by atomic mass is 32.1. The molecule has 0 aromatic carbocycles. The Hall–Kier alpha value is -2.53. The maximum Gasteiger partial charge on any atom is 0.266 e. The molecule has 1 amide bonds. The number of pyridine rings is 1. The predicted molar refractivity (Wildman–Crippen MR) is 96.8 cm³/mol. The van der Waals surface area contributed by atoms with E-state index in [9.17, 15) is 9.59 Å². The first kappa shape index (κ1) is 18.8. The third-order valence-corrected chi connectivity index (χ3v) is 5.10. The van der Waals surface area contributed by atoms with E-state index >= 15 is 0 Å². The number of carbonyl (C=O) groups is 1. The van der Waals surface area contributed by atoms with E-state index in [1.54, 1.807) is 13.8 Å². The first-order valence-corrected chi connectivity index (χ1v) is 8.71. The molecule has 2 rings (SSSR count). The number of anilines is 1. The average molecular weight is 359 g/mol. The summed E-state index contributed by atoms with van der Waals surface area (Å²) >= 11 is 1.36. The van der Waals surface area contributed by atoms with Gasteiger partial charge in [-0.2, -0.15) is 5.26 Å². The Bertz CT molecular complexity index is 899. The van der Waals surface area contributed by atoms with Crippen molar-refractivity contribution < 1.29 is 4.79 Å². The van der Waals surface area contributed by atoms with Gasteiger partial charge in [0, 0.05) is 17.5 Å². The van der Waals surface area contributed by atoms with Crippen LogP contribution in [-0.4, -0.2) is 21.1 Å². The van der Waals surface area contributed by atoms with Gasteiger partial charge in [-0.25, -0.2) is 0 Å². The molecule has 0 saturated heterocycles. The summed E-state index contributed by atoms with van der Waals surface area (Å²) in [6.45, 7) is 9.60. The van der Waals surface area contributed by atoms with E-state index in [2.05, 4.69) is 20.5 Å². The third kappa shape index (κ3) is 4.31. The van der Waals surface area contributed by atoms with Gasteiger partial charge in [0.05, 0.1) is 0 Å². The van der Waals surface area contributed by atoms with Crippen molar-refractivity contribution in [2.45, 2.75) is 52.9 Å². The molecule has 132 valence electrons. The smallest absolute Gasteiger partial charge is 0.266 e. The maximum atomic E-state index is 12.2. The summed E-state index contributed by atoms with van der Waals surface area (Å²) in [7, 11) is 0. The maximum absolute atomic E-state index is 12.2. The van der Waals surface area contributed by atoms with Crippen LogP contribution in [0.4, 0.5) is 5.13 Å². The molecule has 2 aromatic heterocycles.